The second-order valence-electron chi connectivity index (χ2n) is 7.12. The molecule has 2 aliphatic rings. The molecule has 1 aromatic heterocycles. The van der Waals surface area contributed by atoms with Crippen molar-refractivity contribution in [3.8, 4) is 0 Å². The van der Waals surface area contributed by atoms with Crippen LogP contribution in [0.1, 0.15) is 49.9 Å². The van der Waals surface area contributed by atoms with E-state index in [2.05, 4.69) is 24.0 Å². The number of hydrogen-bond acceptors (Lipinski definition) is 3. The van der Waals surface area contributed by atoms with Crippen LogP contribution in [0.3, 0.4) is 0 Å². The monoisotopic (exact) mass is 353 g/mol. The Morgan fingerprint density at radius 2 is 1.88 bits per heavy atom. The summed E-state index contributed by atoms with van der Waals surface area (Å²) in [6.45, 7) is 3.11. The zero-order valence-electron chi connectivity index (χ0n) is 15.0. The normalized spacial score (nSPS) is 20.1. The summed E-state index contributed by atoms with van der Waals surface area (Å²) in [5.41, 5.74) is 3.55. The van der Waals surface area contributed by atoms with E-state index < -0.39 is 0 Å². The van der Waals surface area contributed by atoms with E-state index in [-0.39, 0.29) is 23.8 Å². The molecule has 0 bridgehead atoms. The van der Waals surface area contributed by atoms with Gasteiger partial charge < -0.3 is 9.88 Å². The lowest BCUT2D eigenvalue weighted by Gasteiger charge is -2.34. The average Bonchev–Trinajstić information content (AvgIpc) is 3.17. The fraction of sp³-hybridized carbons (Fsp3) is 0.450. The number of amides is 3. The molecule has 0 radical (unpaired) electrons. The first-order chi connectivity index (χ1) is 12.6. The molecule has 3 heterocycles. The number of benzene rings is 1. The van der Waals surface area contributed by atoms with Gasteiger partial charge in [-0.2, -0.15) is 0 Å². The minimum Gasteiger partial charge on any atom is -0.356 e. The molecule has 0 unspecified atom stereocenters. The first-order valence-electron chi connectivity index (χ1n) is 9.28. The molecule has 136 valence electrons. The van der Waals surface area contributed by atoms with Gasteiger partial charge in [-0.05, 0) is 31.4 Å². The minimum absolute atomic E-state index is 0.00806. The quantitative estimate of drug-likeness (QED) is 0.859. The van der Waals surface area contributed by atoms with Gasteiger partial charge in [0.2, 0.25) is 17.7 Å². The van der Waals surface area contributed by atoms with Crippen LogP contribution in [-0.4, -0.2) is 45.6 Å². The van der Waals surface area contributed by atoms with Crippen LogP contribution >= 0.6 is 0 Å². The Balaban J connectivity index is 1.41. The highest BCUT2D eigenvalue weighted by Crippen LogP contribution is 2.34. The van der Waals surface area contributed by atoms with Crippen molar-refractivity contribution in [1.82, 2.24) is 14.8 Å². The van der Waals surface area contributed by atoms with Gasteiger partial charge in [-0.3, -0.25) is 19.3 Å². The average molecular weight is 353 g/mol. The van der Waals surface area contributed by atoms with Crippen molar-refractivity contribution in [1.29, 1.82) is 0 Å². The molecule has 6 nitrogen and oxygen atoms in total. The number of rotatable bonds is 4. The Morgan fingerprint density at radius 1 is 1.15 bits per heavy atom. The molecule has 1 atom stereocenters. The Kier molecular flexibility index (Phi) is 4.26. The molecule has 6 heteroatoms. The number of carbonyl (C=O) groups is 3. The van der Waals surface area contributed by atoms with E-state index in [1.807, 2.05) is 17.0 Å². The number of hydrogen-bond donors (Lipinski definition) is 1. The first-order valence-corrected chi connectivity index (χ1v) is 9.28. The summed E-state index contributed by atoms with van der Waals surface area (Å²) in [6.07, 6.45) is 2.34. The van der Waals surface area contributed by atoms with Crippen molar-refractivity contribution >= 4 is 28.6 Å². The Hall–Kier alpha value is -2.63. The van der Waals surface area contributed by atoms with E-state index in [9.17, 15) is 14.4 Å². The Labute approximate surface area is 152 Å². The van der Waals surface area contributed by atoms with E-state index in [0.29, 0.717) is 38.8 Å². The van der Waals surface area contributed by atoms with E-state index in [1.54, 1.807) is 0 Å². The van der Waals surface area contributed by atoms with Crippen molar-refractivity contribution in [3.63, 3.8) is 0 Å². The third-order valence-electron chi connectivity index (χ3n) is 5.58. The number of aromatic amines is 1. The molecule has 1 aromatic carbocycles. The molecule has 1 N–H and O–H groups in total. The second-order valence-corrected chi connectivity index (χ2v) is 7.12. The van der Waals surface area contributed by atoms with Crippen LogP contribution in [0.4, 0.5) is 0 Å². The van der Waals surface area contributed by atoms with Crippen LogP contribution in [0.15, 0.2) is 24.3 Å². The molecule has 3 amide bonds. The summed E-state index contributed by atoms with van der Waals surface area (Å²) < 4.78 is 0. The first kappa shape index (κ1) is 16.8. The highest BCUT2D eigenvalue weighted by atomic mass is 16.2. The molecule has 26 heavy (non-hydrogen) atoms. The summed E-state index contributed by atoms with van der Waals surface area (Å²) in [6, 6.07) is 8.25. The summed E-state index contributed by atoms with van der Waals surface area (Å²) in [5, 5.41) is 1.24. The van der Waals surface area contributed by atoms with Crippen molar-refractivity contribution in [2.24, 2.45) is 0 Å². The number of imide groups is 1. The number of fused-ring (bicyclic) bond motifs is 3. The number of nitrogens with one attached hydrogen (secondary N) is 1. The Bertz CT molecular complexity index is 870. The number of nitrogens with zero attached hydrogens (tertiary/aromatic N) is 2. The highest BCUT2D eigenvalue weighted by Gasteiger charge is 2.31. The molecular formula is C20H23N3O3. The van der Waals surface area contributed by atoms with Gasteiger partial charge in [0.05, 0.1) is 6.04 Å². The topological polar surface area (TPSA) is 73.5 Å². The minimum atomic E-state index is -0.114. The molecular weight excluding hydrogens is 330 g/mol. The van der Waals surface area contributed by atoms with Gasteiger partial charge in [0.1, 0.15) is 0 Å². The summed E-state index contributed by atoms with van der Waals surface area (Å²) in [5.74, 6) is -0.145. The van der Waals surface area contributed by atoms with Crippen molar-refractivity contribution < 1.29 is 14.4 Å². The van der Waals surface area contributed by atoms with Gasteiger partial charge in [-0.25, -0.2) is 0 Å². The fourth-order valence-corrected chi connectivity index (χ4v) is 4.17. The van der Waals surface area contributed by atoms with Crippen LogP contribution in [-0.2, 0) is 20.8 Å². The smallest absolute Gasteiger partial charge is 0.229 e. The summed E-state index contributed by atoms with van der Waals surface area (Å²) >= 11 is 0. The summed E-state index contributed by atoms with van der Waals surface area (Å²) in [4.78, 5) is 42.7. The van der Waals surface area contributed by atoms with Crippen molar-refractivity contribution in [2.45, 2.75) is 45.1 Å². The molecule has 2 aliphatic heterocycles. The zero-order valence-corrected chi connectivity index (χ0v) is 15.0. The SMILES string of the molecule is C[C@@H]1c2[nH]c3ccccc3c2CCN1C(=O)CCCN1C(=O)CCC1=O. The lowest BCUT2D eigenvalue weighted by molar-refractivity contribution is -0.140. The number of aromatic nitrogens is 1. The van der Waals surface area contributed by atoms with Gasteiger partial charge in [0.15, 0.2) is 0 Å². The largest absolute Gasteiger partial charge is 0.356 e. The van der Waals surface area contributed by atoms with Gasteiger partial charge in [-0.15, -0.1) is 0 Å². The fourth-order valence-electron chi connectivity index (χ4n) is 4.17. The van der Waals surface area contributed by atoms with Crippen LogP contribution in [0.25, 0.3) is 10.9 Å². The van der Waals surface area contributed by atoms with Crippen LogP contribution in [0.2, 0.25) is 0 Å². The molecule has 4 rings (SSSR count). The predicted octanol–water partition coefficient (Wildman–Crippen LogP) is 2.54. The van der Waals surface area contributed by atoms with Gasteiger partial charge in [0, 0.05) is 48.9 Å². The van der Waals surface area contributed by atoms with Gasteiger partial charge in [0.25, 0.3) is 0 Å². The highest BCUT2D eigenvalue weighted by molar-refractivity contribution is 6.01. The number of carbonyl (C=O) groups excluding carboxylic acids is 3. The maximum Gasteiger partial charge on any atom is 0.229 e. The maximum atomic E-state index is 12.7. The third kappa shape index (κ3) is 2.79. The van der Waals surface area contributed by atoms with E-state index >= 15 is 0 Å². The summed E-state index contributed by atoms with van der Waals surface area (Å²) in [7, 11) is 0. The van der Waals surface area contributed by atoms with Gasteiger partial charge >= 0.3 is 0 Å². The van der Waals surface area contributed by atoms with Crippen LogP contribution in [0, 0.1) is 0 Å². The predicted molar refractivity (Wildman–Crippen MR) is 97.3 cm³/mol. The lowest BCUT2D eigenvalue weighted by Crippen LogP contribution is -2.39. The molecule has 1 fully saturated rings. The maximum absolute atomic E-state index is 12.7. The molecule has 2 aromatic rings. The molecule has 0 saturated carbocycles. The molecule has 0 aliphatic carbocycles. The van der Waals surface area contributed by atoms with Crippen LogP contribution < -0.4 is 0 Å². The van der Waals surface area contributed by atoms with Crippen molar-refractivity contribution in [2.75, 3.05) is 13.1 Å². The van der Waals surface area contributed by atoms with Crippen molar-refractivity contribution in [3.05, 3.63) is 35.5 Å². The second kappa shape index (κ2) is 6.59. The lowest BCUT2D eigenvalue weighted by atomic mass is 9.98. The standard InChI is InChI=1S/C20H23N3O3/c1-13-20-15(14-5-2-3-6-16(14)21-20)10-12-22(13)17(24)7-4-11-23-18(25)8-9-19(23)26/h2-3,5-6,13,21H,4,7-12H2,1H3/t13-/m1/s1. The molecule has 0 spiro atoms. The van der Waals surface area contributed by atoms with Gasteiger partial charge in [-0.1, -0.05) is 18.2 Å². The molecule has 1 saturated heterocycles. The zero-order chi connectivity index (χ0) is 18.3. The number of likely N-dealkylation sites (tertiary alicyclic amines) is 1. The number of H-pyrrole nitrogens is 1. The number of para-hydroxylation sites is 1. The van der Waals surface area contributed by atoms with E-state index in [0.717, 1.165) is 17.6 Å². The van der Waals surface area contributed by atoms with Crippen LogP contribution in [0.5, 0.6) is 0 Å². The Morgan fingerprint density at radius 3 is 2.65 bits per heavy atom. The third-order valence-corrected chi connectivity index (χ3v) is 5.58. The van der Waals surface area contributed by atoms with E-state index in [4.69, 9.17) is 0 Å². The van der Waals surface area contributed by atoms with E-state index in [1.165, 1.54) is 15.8 Å².